The predicted octanol–water partition coefficient (Wildman–Crippen LogP) is 4.31. The van der Waals surface area contributed by atoms with E-state index in [1.165, 1.54) is 12.3 Å². The largest absolute Gasteiger partial charge is 0.419 e. The average Bonchev–Trinajstić information content (AvgIpc) is 3.34. The fourth-order valence-electron chi connectivity index (χ4n) is 4.76. The molecule has 2 aromatic heterocycles. The quantitative estimate of drug-likeness (QED) is 0.558. The van der Waals surface area contributed by atoms with E-state index in [2.05, 4.69) is 22.1 Å². The number of alkyl halides is 3. The number of benzene rings is 1. The highest BCUT2D eigenvalue weighted by molar-refractivity contribution is 5.62. The number of nitrogens with one attached hydrogen (secondary N) is 1. The van der Waals surface area contributed by atoms with Crippen molar-refractivity contribution in [3.63, 3.8) is 0 Å². The number of nitrogens with zero attached hydrogens (tertiary/aromatic N) is 7. The van der Waals surface area contributed by atoms with Crippen molar-refractivity contribution in [2.24, 2.45) is 0 Å². The van der Waals surface area contributed by atoms with Crippen LogP contribution in [0.3, 0.4) is 0 Å². The van der Waals surface area contributed by atoms with Gasteiger partial charge in [-0.05, 0) is 56.2 Å². The molecule has 5 rings (SSSR count). The fraction of sp³-hybridized carbons (Fsp3) is 0.440. The molecular weight excluding hydrogens is 469 g/mol. The van der Waals surface area contributed by atoms with Gasteiger partial charge >= 0.3 is 6.18 Å². The summed E-state index contributed by atoms with van der Waals surface area (Å²) in [4.78, 5) is 24.3. The van der Waals surface area contributed by atoms with Crippen molar-refractivity contribution < 1.29 is 13.2 Å². The van der Waals surface area contributed by atoms with Crippen LogP contribution in [0.4, 0.5) is 36.6 Å². The van der Waals surface area contributed by atoms with Crippen LogP contribution in [0, 0.1) is 0 Å². The summed E-state index contributed by atoms with van der Waals surface area (Å²) in [6.45, 7) is 4.77. The first kappa shape index (κ1) is 24.1. The highest BCUT2D eigenvalue weighted by atomic mass is 19.4. The highest BCUT2D eigenvalue weighted by Gasteiger charge is 2.36. The van der Waals surface area contributed by atoms with Crippen LogP contribution >= 0.6 is 0 Å². The summed E-state index contributed by atoms with van der Waals surface area (Å²) in [5.74, 6) is 1.74. The summed E-state index contributed by atoms with van der Waals surface area (Å²) in [7, 11) is 1.87. The first-order valence-electron chi connectivity index (χ1n) is 12.2. The zero-order chi connectivity index (χ0) is 25.3. The summed E-state index contributed by atoms with van der Waals surface area (Å²) in [6, 6.07) is 10.6. The van der Waals surface area contributed by atoms with E-state index in [0.29, 0.717) is 49.9 Å². The lowest BCUT2D eigenvalue weighted by Gasteiger charge is -2.36. The minimum Gasteiger partial charge on any atom is -0.388 e. The van der Waals surface area contributed by atoms with Crippen LogP contribution in [0.15, 0.2) is 42.6 Å². The zero-order valence-corrected chi connectivity index (χ0v) is 20.3. The maximum Gasteiger partial charge on any atom is 0.419 e. The predicted molar refractivity (Wildman–Crippen MR) is 135 cm³/mol. The van der Waals surface area contributed by atoms with E-state index in [4.69, 9.17) is 15.0 Å². The van der Waals surface area contributed by atoms with Gasteiger partial charge in [0.15, 0.2) is 5.82 Å². The molecule has 11 heteroatoms. The van der Waals surface area contributed by atoms with Gasteiger partial charge in [0.25, 0.3) is 0 Å². The summed E-state index contributed by atoms with van der Waals surface area (Å²) in [5.41, 5.74) is 1.16. The monoisotopic (exact) mass is 498 g/mol. The van der Waals surface area contributed by atoms with Gasteiger partial charge in [-0.3, -0.25) is 0 Å². The zero-order valence-electron chi connectivity index (χ0n) is 20.3. The summed E-state index contributed by atoms with van der Waals surface area (Å²) in [6.07, 6.45) is -0.887. The SMILES string of the molecule is CNc1ccc(-c2nc(N3CCN(c4ncccc4C(F)(F)F)CC3)nc(N3CCCC3C)n2)cc1. The first-order valence-corrected chi connectivity index (χ1v) is 12.2. The lowest BCUT2D eigenvalue weighted by Crippen LogP contribution is -2.48. The van der Waals surface area contributed by atoms with Crippen LogP contribution in [0.2, 0.25) is 0 Å². The number of rotatable bonds is 5. The van der Waals surface area contributed by atoms with E-state index >= 15 is 0 Å². The number of anilines is 4. The molecule has 8 nitrogen and oxygen atoms in total. The molecule has 1 unspecified atom stereocenters. The first-order chi connectivity index (χ1) is 17.3. The Kier molecular flexibility index (Phi) is 6.55. The Labute approximate surface area is 208 Å². The van der Waals surface area contributed by atoms with Gasteiger partial charge in [-0.15, -0.1) is 0 Å². The van der Waals surface area contributed by atoms with Crippen molar-refractivity contribution in [3.05, 3.63) is 48.2 Å². The molecule has 0 spiro atoms. The molecule has 0 radical (unpaired) electrons. The molecule has 3 aromatic rings. The van der Waals surface area contributed by atoms with Gasteiger partial charge in [-0.2, -0.15) is 28.1 Å². The molecule has 190 valence electrons. The normalized spacial score (nSPS) is 18.6. The molecule has 36 heavy (non-hydrogen) atoms. The summed E-state index contributed by atoms with van der Waals surface area (Å²) in [5, 5.41) is 3.11. The van der Waals surface area contributed by atoms with Crippen molar-refractivity contribution >= 4 is 23.4 Å². The Morgan fingerprint density at radius 3 is 2.22 bits per heavy atom. The number of halogens is 3. The van der Waals surface area contributed by atoms with Crippen LogP contribution in [0.1, 0.15) is 25.3 Å². The molecule has 0 aliphatic carbocycles. The second kappa shape index (κ2) is 9.79. The molecule has 2 aliphatic heterocycles. The highest BCUT2D eigenvalue weighted by Crippen LogP contribution is 2.35. The Balaban J connectivity index is 1.42. The fourth-order valence-corrected chi connectivity index (χ4v) is 4.76. The van der Waals surface area contributed by atoms with Crippen molar-refractivity contribution in [1.29, 1.82) is 0 Å². The third-order valence-corrected chi connectivity index (χ3v) is 6.81. The number of hydrogen-bond acceptors (Lipinski definition) is 8. The van der Waals surface area contributed by atoms with Crippen LogP contribution in [-0.2, 0) is 6.18 Å². The maximum atomic E-state index is 13.5. The van der Waals surface area contributed by atoms with Gasteiger partial charge in [0.2, 0.25) is 11.9 Å². The van der Waals surface area contributed by atoms with Gasteiger partial charge in [0, 0.05) is 63.3 Å². The third-order valence-electron chi connectivity index (χ3n) is 6.81. The molecule has 0 amide bonds. The average molecular weight is 499 g/mol. The topological polar surface area (TPSA) is 73.3 Å². The van der Waals surface area contributed by atoms with Crippen LogP contribution in [-0.4, -0.2) is 65.7 Å². The minimum absolute atomic E-state index is 0.0304. The standard InChI is InChI=1S/C25H29F3N8/c1-17-5-4-12-36(17)24-32-21(18-7-9-19(29-2)10-8-18)31-23(33-24)35-15-13-34(14-16-35)22-20(25(26,27)28)6-3-11-30-22/h3,6-11,17,29H,4-5,12-16H2,1-2H3. The van der Waals surface area contributed by atoms with Crippen molar-refractivity contribution in [1.82, 2.24) is 19.9 Å². The lowest BCUT2D eigenvalue weighted by atomic mass is 10.2. The molecule has 1 N–H and O–H groups in total. The van der Waals surface area contributed by atoms with Crippen LogP contribution in [0.5, 0.6) is 0 Å². The van der Waals surface area contributed by atoms with Crippen molar-refractivity contribution in [2.75, 3.05) is 59.8 Å². The molecule has 1 atom stereocenters. The molecule has 1 aromatic carbocycles. The number of hydrogen-bond donors (Lipinski definition) is 1. The maximum absolute atomic E-state index is 13.5. The van der Waals surface area contributed by atoms with E-state index in [9.17, 15) is 13.2 Å². The number of pyridine rings is 1. The molecular formula is C25H29F3N8. The van der Waals surface area contributed by atoms with Crippen molar-refractivity contribution in [2.45, 2.75) is 32.0 Å². The Morgan fingerprint density at radius 2 is 1.58 bits per heavy atom. The van der Waals surface area contributed by atoms with E-state index in [1.807, 2.05) is 36.2 Å². The van der Waals surface area contributed by atoms with E-state index in [-0.39, 0.29) is 5.82 Å². The summed E-state index contributed by atoms with van der Waals surface area (Å²) < 4.78 is 40.5. The van der Waals surface area contributed by atoms with Crippen LogP contribution in [0.25, 0.3) is 11.4 Å². The van der Waals surface area contributed by atoms with Gasteiger partial charge in [-0.1, -0.05) is 0 Å². The number of piperazine rings is 1. The second-order valence-electron chi connectivity index (χ2n) is 9.12. The van der Waals surface area contributed by atoms with Gasteiger partial charge in [-0.25, -0.2) is 4.98 Å². The Hall–Kier alpha value is -3.63. The molecule has 0 saturated carbocycles. The Morgan fingerprint density at radius 1 is 0.889 bits per heavy atom. The third kappa shape index (κ3) is 4.87. The number of aromatic nitrogens is 4. The second-order valence-corrected chi connectivity index (χ2v) is 9.12. The summed E-state index contributed by atoms with van der Waals surface area (Å²) >= 11 is 0. The Bertz CT molecular complexity index is 1190. The van der Waals surface area contributed by atoms with Gasteiger partial charge in [0.05, 0.1) is 5.56 Å². The lowest BCUT2D eigenvalue weighted by molar-refractivity contribution is -0.137. The molecule has 0 bridgehead atoms. The minimum atomic E-state index is -4.45. The molecule has 2 aliphatic rings. The van der Waals surface area contributed by atoms with E-state index in [0.717, 1.165) is 36.7 Å². The van der Waals surface area contributed by atoms with Gasteiger partial charge in [0.1, 0.15) is 5.82 Å². The molecule has 4 heterocycles. The molecule has 2 fully saturated rings. The van der Waals surface area contributed by atoms with E-state index < -0.39 is 11.7 Å². The van der Waals surface area contributed by atoms with Gasteiger partial charge < -0.3 is 20.0 Å². The van der Waals surface area contributed by atoms with E-state index in [1.54, 1.807) is 4.90 Å². The smallest absolute Gasteiger partial charge is 0.388 e. The molecule has 2 saturated heterocycles. The van der Waals surface area contributed by atoms with Crippen molar-refractivity contribution in [3.8, 4) is 11.4 Å². The van der Waals surface area contributed by atoms with Crippen LogP contribution < -0.4 is 20.0 Å².